The highest BCUT2D eigenvalue weighted by Gasteiger charge is 2.44. The number of halogens is 3. The van der Waals surface area contributed by atoms with Crippen LogP contribution in [0, 0.1) is 41.3 Å². The average Bonchev–Trinajstić information content (AvgIpc) is 4.08. The Morgan fingerprint density at radius 2 is 1.08 bits per heavy atom. The second kappa shape index (κ2) is 19.0. The third-order valence-electron chi connectivity index (χ3n) is 12.5. The Labute approximate surface area is 362 Å². The molecule has 4 aliphatic rings. The van der Waals surface area contributed by atoms with Crippen LogP contribution in [0.3, 0.4) is 0 Å². The predicted octanol–water partition coefficient (Wildman–Crippen LogP) is 6.99. The third kappa shape index (κ3) is 10.5. The summed E-state index contributed by atoms with van der Waals surface area (Å²) in [5, 5.41) is 23.1. The zero-order valence-electron chi connectivity index (χ0n) is 33.6. The Balaban J connectivity index is 0.000000156. The fourth-order valence-electron chi connectivity index (χ4n) is 9.02. The molecule has 0 unspecified atom stereocenters. The lowest BCUT2D eigenvalue weighted by Crippen LogP contribution is -2.35. The van der Waals surface area contributed by atoms with Gasteiger partial charge in [0.2, 0.25) is 11.9 Å². The topological polar surface area (TPSA) is 164 Å². The van der Waals surface area contributed by atoms with Gasteiger partial charge in [-0.25, -0.2) is 29.0 Å². The van der Waals surface area contributed by atoms with Crippen molar-refractivity contribution < 1.29 is 13.9 Å². The van der Waals surface area contributed by atoms with E-state index < -0.39 is 5.82 Å². The molecule has 2 saturated heterocycles. The lowest BCUT2D eigenvalue weighted by molar-refractivity contribution is 0.283. The number of aromatic nitrogens is 12. The Bertz CT molecular complexity index is 2270. The van der Waals surface area contributed by atoms with E-state index in [0.717, 1.165) is 111 Å². The fourth-order valence-corrected chi connectivity index (χ4v) is 9.21. The van der Waals surface area contributed by atoms with Crippen LogP contribution in [0.5, 0.6) is 11.5 Å². The van der Waals surface area contributed by atoms with Crippen LogP contribution in [0.2, 0.25) is 10.0 Å². The first kappa shape index (κ1) is 40.8. The summed E-state index contributed by atoms with van der Waals surface area (Å²) >= 11 is 11.8. The molecule has 6 heterocycles. The van der Waals surface area contributed by atoms with Gasteiger partial charge in [-0.1, -0.05) is 23.2 Å². The molecular formula is C42H47Cl2FN14O2. The van der Waals surface area contributed by atoms with Crippen molar-refractivity contribution in [3.63, 3.8) is 0 Å². The number of ether oxygens (including phenoxy) is 2. The summed E-state index contributed by atoms with van der Waals surface area (Å²) in [6.45, 7) is 5.39. The van der Waals surface area contributed by atoms with Gasteiger partial charge >= 0.3 is 0 Å². The van der Waals surface area contributed by atoms with E-state index in [2.05, 4.69) is 60.8 Å². The van der Waals surface area contributed by atoms with Crippen molar-refractivity contribution in [1.82, 2.24) is 60.4 Å². The number of hydrogen-bond donors (Lipinski definition) is 0. The molecule has 10 rings (SSSR count). The van der Waals surface area contributed by atoms with E-state index in [1.165, 1.54) is 42.8 Å². The SMILES string of the molecule is Clc1cnc(N2CCC([C@@H]3C[C@@H]3CCOc3ccc(-n4cnnn4)cc3)CC2)nc1.Fc1cc(OCC[C@@H]2C[C@@H]2C2CCN(c3ncc(Cl)cn3)CC2)ccc1-n1cnnn1. The molecule has 2 aromatic carbocycles. The molecule has 2 aliphatic heterocycles. The molecular weight excluding hydrogens is 822 g/mol. The van der Waals surface area contributed by atoms with Crippen LogP contribution in [0.4, 0.5) is 16.3 Å². The highest BCUT2D eigenvalue weighted by atomic mass is 35.5. The van der Waals surface area contributed by atoms with Gasteiger partial charge in [0.15, 0.2) is 5.82 Å². The molecule has 0 bridgehead atoms. The van der Waals surface area contributed by atoms with E-state index in [1.807, 2.05) is 24.3 Å². The van der Waals surface area contributed by atoms with Crippen molar-refractivity contribution in [2.75, 3.05) is 49.2 Å². The predicted molar refractivity (Wildman–Crippen MR) is 226 cm³/mol. The number of hydrogen-bond acceptors (Lipinski definition) is 14. The van der Waals surface area contributed by atoms with Crippen molar-refractivity contribution in [3.05, 3.63) is 95.8 Å². The van der Waals surface area contributed by atoms with Crippen LogP contribution in [0.25, 0.3) is 11.4 Å². The van der Waals surface area contributed by atoms with Crippen molar-refractivity contribution >= 4 is 35.1 Å². The minimum Gasteiger partial charge on any atom is -0.494 e. The van der Waals surface area contributed by atoms with E-state index in [0.29, 0.717) is 34.0 Å². The van der Waals surface area contributed by atoms with Gasteiger partial charge in [0.05, 0.1) is 53.7 Å². The van der Waals surface area contributed by atoms with Crippen molar-refractivity contribution in [2.45, 2.75) is 51.4 Å². The molecule has 0 N–H and O–H groups in total. The minimum atomic E-state index is -0.412. The lowest BCUT2D eigenvalue weighted by atomic mass is 9.90. The first-order chi connectivity index (χ1) is 29.9. The highest BCUT2D eigenvalue weighted by Crippen LogP contribution is 2.51. The zero-order chi connectivity index (χ0) is 41.5. The Morgan fingerprint density at radius 3 is 1.56 bits per heavy atom. The molecule has 2 saturated carbocycles. The second-order valence-electron chi connectivity index (χ2n) is 16.3. The van der Waals surface area contributed by atoms with Gasteiger partial charge in [0, 0.05) is 32.2 Å². The molecule has 2 aliphatic carbocycles. The number of rotatable bonds is 14. The van der Waals surface area contributed by atoms with Gasteiger partial charge < -0.3 is 19.3 Å². The van der Waals surface area contributed by atoms with E-state index in [1.54, 1.807) is 47.9 Å². The van der Waals surface area contributed by atoms with Crippen LogP contribution >= 0.6 is 23.2 Å². The largest absolute Gasteiger partial charge is 0.494 e. The van der Waals surface area contributed by atoms with Crippen LogP contribution in [-0.2, 0) is 0 Å². The molecule has 19 heteroatoms. The summed E-state index contributed by atoms with van der Waals surface area (Å²) in [6, 6.07) is 12.6. The fraction of sp³-hybridized carbons (Fsp3) is 0.476. The molecule has 318 valence electrons. The number of nitrogens with zero attached hydrogens (tertiary/aromatic N) is 14. The van der Waals surface area contributed by atoms with Crippen molar-refractivity contribution in [1.29, 1.82) is 0 Å². The maximum Gasteiger partial charge on any atom is 0.225 e. The van der Waals surface area contributed by atoms with E-state index in [9.17, 15) is 4.39 Å². The first-order valence-corrected chi connectivity index (χ1v) is 21.8. The quantitative estimate of drug-likeness (QED) is 0.110. The standard InChI is InChI=1S/C21H23ClFN7O.C21H24ClN7O/c22-16-11-24-21(25-12-16)29-6-3-14(4-7-29)18-9-15(18)5-8-31-17-1-2-20(19(23)10-17)30-13-26-27-28-30;22-17-12-23-21(24-13-17)28-8-5-15(6-9-28)20-11-16(20)7-10-30-19-3-1-18(2-4-19)29-14-25-26-27-29/h1-2,10-15,18H,3-9H2;1-4,12-16,20H,5-11H2/t15-,18-;16-,20-/m10/s1. The van der Waals surface area contributed by atoms with Crippen LogP contribution in [0.15, 0.2) is 79.9 Å². The molecule has 16 nitrogen and oxygen atoms in total. The number of tetrazole rings is 2. The summed E-state index contributed by atoms with van der Waals surface area (Å²) < 4.78 is 28.9. The molecule has 4 atom stereocenters. The second-order valence-corrected chi connectivity index (χ2v) is 17.1. The van der Waals surface area contributed by atoms with Gasteiger partial charge in [0.1, 0.15) is 29.8 Å². The monoisotopic (exact) mass is 868 g/mol. The summed E-state index contributed by atoms with van der Waals surface area (Å²) in [4.78, 5) is 21.9. The van der Waals surface area contributed by atoms with Crippen LogP contribution in [0.1, 0.15) is 51.4 Å². The van der Waals surface area contributed by atoms with E-state index in [-0.39, 0.29) is 0 Å². The Kier molecular flexibility index (Phi) is 12.7. The zero-order valence-corrected chi connectivity index (χ0v) is 35.1. The van der Waals surface area contributed by atoms with E-state index >= 15 is 0 Å². The summed E-state index contributed by atoms with van der Waals surface area (Å²) in [6.07, 6.45) is 19.1. The smallest absolute Gasteiger partial charge is 0.225 e. The number of anilines is 2. The molecule has 61 heavy (non-hydrogen) atoms. The van der Waals surface area contributed by atoms with Crippen molar-refractivity contribution in [3.8, 4) is 22.9 Å². The van der Waals surface area contributed by atoms with Gasteiger partial charge in [-0.05, 0) is 144 Å². The lowest BCUT2D eigenvalue weighted by Gasteiger charge is -2.32. The molecule has 0 spiro atoms. The van der Waals surface area contributed by atoms with E-state index in [4.69, 9.17) is 32.7 Å². The Hall–Kier alpha value is -5.55. The first-order valence-electron chi connectivity index (χ1n) is 21.0. The van der Waals surface area contributed by atoms with Gasteiger partial charge in [-0.15, -0.1) is 10.2 Å². The normalized spacial score (nSPS) is 21.4. The molecule has 4 aromatic heterocycles. The van der Waals surface area contributed by atoms with Gasteiger partial charge in [0.25, 0.3) is 0 Å². The summed E-state index contributed by atoms with van der Waals surface area (Å²) in [5.74, 6) is 7.26. The number of benzene rings is 2. The maximum atomic E-state index is 14.3. The molecule has 0 amide bonds. The van der Waals surface area contributed by atoms with Gasteiger partial charge in [-0.2, -0.15) is 4.68 Å². The highest BCUT2D eigenvalue weighted by molar-refractivity contribution is 6.30. The van der Waals surface area contributed by atoms with Gasteiger partial charge in [-0.3, -0.25) is 0 Å². The van der Waals surface area contributed by atoms with Crippen LogP contribution in [-0.4, -0.2) is 99.7 Å². The maximum absolute atomic E-state index is 14.3. The Morgan fingerprint density at radius 1 is 0.607 bits per heavy atom. The average molecular weight is 870 g/mol. The molecule has 0 radical (unpaired) electrons. The van der Waals surface area contributed by atoms with Crippen molar-refractivity contribution in [2.24, 2.45) is 35.5 Å². The summed E-state index contributed by atoms with van der Waals surface area (Å²) in [7, 11) is 0. The number of piperidine rings is 2. The molecule has 6 aromatic rings. The molecule has 4 fully saturated rings. The third-order valence-corrected chi connectivity index (χ3v) is 12.9. The van der Waals surface area contributed by atoms with Crippen LogP contribution < -0.4 is 19.3 Å². The minimum absolute atomic E-state index is 0.301. The summed E-state index contributed by atoms with van der Waals surface area (Å²) in [5.41, 5.74) is 1.22.